The number of hydrogen-bond acceptors (Lipinski definition) is 7. The number of rotatable bonds is 5. The van der Waals surface area contributed by atoms with Crippen LogP contribution in [0.15, 0.2) is 36.5 Å². The topological polar surface area (TPSA) is 120 Å². The number of ether oxygens (including phenoxy) is 1. The molecule has 1 fully saturated rings. The van der Waals surface area contributed by atoms with Crippen LogP contribution in [-0.2, 0) is 20.8 Å². The quantitative estimate of drug-likeness (QED) is 0.522. The van der Waals surface area contributed by atoms with E-state index in [4.69, 9.17) is 4.74 Å². The molecule has 35 heavy (non-hydrogen) atoms. The van der Waals surface area contributed by atoms with Gasteiger partial charge in [-0.25, -0.2) is 22.7 Å². The summed E-state index contributed by atoms with van der Waals surface area (Å²) in [5.74, 6) is -1.95. The van der Waals surface area contributed by atoms with Crippen molar-refractivity contribution >= 4 is 32.9 Å². The van der Waals surface area contributed by atoms with Gasteiger partial charge in [0.1, 0.15) is 17.0 Å². The minimum atomic E-state index is -4.73. The third-order valence-electron chi connectivity index (χ3n) is 5.51. The average molecular weight is 510 g/mol. The summed E-state index contributed by atoms with van der Waals surface area (Å²) in [7, 11) is -3.18. The van der Waals surface area contributed by atoms with Crippen LogP contribution in [-0.4, -0.2) is 53.0 Å². The Morgan fingerprint density at radius 2 is 2.03 bits per heavy atom. The highest BCUT2D eigenvalue weighted by Crippen LogP contribution is 2.30. The van der Waals surface area contributed by atoms with E-state index in [1.165, 1.54) is 16.8 Å². The normalized spacial score (nSPS) is 17.8. The van der Waals surface area contributed by atoms with E-state index in [2.05, 4.69) is 15.4 Å². The van der Waals surface area contributed by atoms with Gasteiger partial charge in [0, 0.05) is 12.1 Å². The van der Waals surface area contributed by atoms with Gasteiger partial charge < -0.3 is 10.1 Å². The Kier molecular flexibility index (Phi) is 6.54. The predicted octanol–water partition coefficient (Wildman–Crippen LogP) is 3.47. The van der Waals surface area contributed by atoms with Crippen LogP contribution in [0.1, 0.15) is 57.9 Å². The molecule has 4 rings (SSSR count). The van der Waals surface area contributed by atoms with Gasteiger partial charge in [-0.2, -0.15) is 18.3 Å². The molecule has 1 aliphatic rings. The Morgan fingerprint density at radius 3 is 2.71 bits per heavy atom. The zero-order chi connectivity index (χ0) is 25.4. The number of hydrogen-bond donors (Lipinski definition) is 1. The molecule has 0 aliphatic carbocycles. The standard InChI is InChI=1S/C22H21F3N4O5S/c1-2-34-21(31)15-11-29-14(9-17(28-29)13-5-4-8-35(32,33)12-13)10-18(15)27-20(30)16-6-3-7-19(26-16)22(23,24)25/h3,6-7,9-11,13H,2,4-5,8,12H2,1H3,(H,27,30). The lowest BCUT2D eigenvalue weighted by Gasteiger charge is -2.19. The third kappa shape index (κ3) is 5.45. The second kappa shape index (κ2) is 9.29. The van der Waals surface area contributed by atoms with Crippen molar-refractivity contribution in [1.29, 1.82) is 0 Å². The Hall–Kier alpha value is -3.48. The molecule has 9 nitrogen and oxygen atoms in total. The number of aromatic nitrogens is 3. The van der Waals surface area contributed by atoms with Gasteiger partial charge in [0.15, 0.2) is 9.84 Å². The Morgan fingerprint density at radius 1 is 1.26 bits per heavy atom. The molecule has 3 aromatic rings. The number of sulfone groups is 1. The monoisotopic (exact) mass is 510 g/mol. The van der Waals surface area contributed by atoms with Crippen molar-refractivity contribution in [2.45, 2.75) is 31.9 Å². The first kappa shape index (κ1) is 24.6. The Balaban J connectivity index is 1.71. The molecule has 0 aromatic carbocycles. The van der Waals surface area contributed by atoms with Gasteiger partial charge in [-0.15, -0.1) is 0 Å². The summed E-state index contributed by atoms with van der Waals surface area (Å²) in [4.78, 5) is 28.6. The lowest BCUT2D eigenvalue weighted by atomic mass is 10.0. The molecule has 0 radical (unpaired) electrons. The van der Waals surface area contributed by atoms with Crippen LogP contribution < -0.4 is 5.32 Å². The fourth-order valence-corrected chi connectivity index (χ4v) is 5.62. The third-order valence-corrected chi connectivity index (χ3v) is 7.34. The number of anilines is 1. The smallest absolute Gasteiger partial charge is 0.433 e. The van der Waals surface area contributed by atoms with E-state index < -0.39 is 39.3 Å². The minimum absolute atomic E-state index is 0.0112. The molecule has 186 valence electrons. The maximum absolute atomic E-state index is 13.0. The molecule has 1 amide bonds. The lowest BCUT2D eigenvalue weighted by molar-refractivity contribution is -0.141. The van der Waals surface area contributed by atoms with Gasteiger partial charge in [0.2, 0.25) is 0 Å². The van der Waals surface area contributed by atoms with E-state index in [1.807, 2.05) is 0 Å². The number of nitrogens with zero attached hydrogens (tertiary/aromatic N) is 3. The van der Waals surface area contributed by atoms with Crippen LogP contribution in [0.5, 0.6) is 0 Å². The van der Waals surface area contributed by atoms with Gasteiger partial charge in [0.05, 0.1) is 35.0 Å². The summed E-state index contributed by atoms with van der Waals surface area (Å²) in [5, 5.41) is 6.85. The molecule has 3 aromatic heterocycles. The number of carbonyl (C=O) groups excluding carboxylic acids is 2. The van der Waals surface area contributed by atoms with Gasteiger partial charge in [0.25, 0.3) is 5.91 Å². The van der Waals surface area contributed by atoms with Crippen molar-refractivity contribution in [3.05, 3.63) is 59.2 Å². The van der Waals surface area contributed by atoms with Crippen molar-refractivity contribution in [3.63, 3.8) is 0 Å². The van der Waals surface area contributed by atoms with Crippen molar-refractivity contribution in [2.24, 2.45) is 0 Å². The Labute approximate surface area is 198 Å². The Bertz CT molecular complexity index is 1400. The van der Waals surface area contributed by atoms with Gasteiger partial charge >= 0.3 is 12.1 Å². The van der Waals surface area contributed by atoms with Crippen LogP contribution in [0.2, 0.25) is 0 Å². The number of nitrogens with one attached hydrogen (secondary N) is 1. The van der Waals surface area contributed by atoms with Crippen LogP contribution in [0.4, 0.5) is 18.9 Å². The second-order valence-corrected chi connectivity index (χ2v) is 10.3. The van der Waals surface area contributed by atoms with Crippen LogP contribution >= 0.6 is 0 Å². The maximum atomic E-state index is 13.0. The molecule has 0 saturated carbocycles. The van der Waals surface area contributed by atoms with Crippen molar-refractivity contribution in [2.75, 3.05) is 23.4 Å². The summed E-state index contributed by atoms with van der Waals surface area (Å²) >= 11 is 0. The van der Waals surface area contributed by atoms with E-state index in [0.29, 0.717) is 24.1 Å². The highest BCUT2D eigenvalue weighted by atomic mass is 32.2. The molecule has 1 N–H and O–H groups in total. The van der Waals surface area contributed by atoms with Gasteiger partial charge in [-0.3, -0.25) is 4.79 Å². The molecule has 1 saturated heterocycles. The van der Waals surface area contributed by atoms with Gasteiger partial charge in [-0.05, 0) is 44.0 Å². The zero-order valence-corrected chi connectivity index (χ0v) is 19.3. The summed E-state index contributed by atoms with van der Waals surface area (Å²) in [6.07, 6.45) is -2.26. The summed E-state index contributed by atoms with van der Waals surface area (Å²) in [6, 6.07) is 5.99. The highest BCUT2D eigenvalue weighted by molar-refractivity contribution is 7.91. The number of halogens is 3. The molecule has 1 aliphatic heterocycles. The van der Waals surface area contributed by atoms with Crippen LogP contribution in [0.3, 0.4) is 0 Å². The van der Waals surface area contributed by atoms with Crippen LogP contribution in [0, 0.1) is 0 Å². The number of pyridine rings is 2. The van der Waals surface area contributed by atoms with Crippen LogP contribution in [0.25, 0.3) is 5.52 Å². The summed E-state index contributed by atoms with van der Waals surface area (Å²) in [5.41, 5.74) is -0.840. The molecular formula is C22H21F3N4O5S. The average Bonchev–Trinajstić information content (AvgIpc) is 3.20. The van der Waals surface area contributed by atoms with E-state index in [0.717, 1.165) is 18.2 Å². The summed E-state index contributed by atoms with van der Waals surface area (Å²) in [6.45, 7) is 1.64. The largest absolute Gasteiger partial charge is 0.462 e. The minimum Gasteiger partial charge on any atom is -0.462 e. The first-order chi connectivity index (χ1) is 16.5. The molecule has 1 unspecified atom stereocenters. The van der Waals surface area contributed by atoms with Gasteiger partial charge in [-0.1, -0.05) is 6.07 Å². The molecule has 4 heterocycles. The van der Waals surface area contributed by atoms with E-state index in [-0.39, 0.29) is 35.3 Å². The maximum Gasteiger partial charge on any atom is 0.433 e. The number of alkyl halides is 3. The molecular weight excluding hydrogens is 489 g/mol. The predicted molar refractivity (Wildman–Crippen MR) is 119 cm³/mol. The number of esters is 1. The number of carbonyl (C=O) groups is 2. The molecule has 0 bridgehead atoms. The second-order valence-electron chi connectivity index (χ2n) is 8.07. The highest BCUT2D eigenvalue weighted by Gasteiger charge is 2.33. The zero-order valence-electron chi connectivity index (χ0n) is 18.5. The van der Waals surface area contributed by atoms with Crippen molar-refractivity contribution in [3.8, 4) is 0 Å². The molecule has 1 atom stereocenters. The number of fused-ring (bicyclic) bond motifs is 1. The van der Waals surface area contributed by atoms with Crippen molar-refractivity contribution in [1.82, 2.24) is 14.6 Å². The van der Waals surface area contributed by atoms with Crippen molar-refractivity contribution < 1.29 is 35.9 Å². The lowest BCUT2D eigenvalue weighted by Crippen LogP contribution is -2.24. The first-order valence-corrected chi connectivity index (χ1v) is 12.6. The first-order valence-electron chi connectivity index (χ1n) is 10.7. The van der Waals surface area contributed by atoms with E-state index in [1.54, 1.807) is 13.0 Å². The van der Waals surface area contributed by atoms with E-state index >= 15 is 0 Å². The fourth-order valence-electron chi connectivity index (χ4n) is 3.89. The molecule has 0 spiro atoms. The van der Waals surface area contributed by atoms with E-state index in [9.17, 15) is 31.2 Å². The molecule has 13 heteroatoms. The SMILES string of the molecule is CCOC(=O)c1cn2nc(C3CCCS(=O)(=O)C3)cc2cc1NC(=O)c1cccc(C(F)(F)F)n1. The summed E-state index contributed by atoms with van der Waals surface area (Å²) < 4.78 is 69.5. The number of amides is 1. The fraction of sp³-hybridized carbons (Fsp3) is 0.364.